The quantitative estimate of drug-likeness (QED) is 0.795. The van der Waals surface area contributed by atoms with E-state index in [1.165, 1.54) is 0 Å². The van der Waals surface area contributed by atoms with Gasteiger partial charge in [0.15, 0.2) is 0 Å². The van der Waals surface area contributed by atoms with Gasteiger partial charge >= 0.3 is 11.9 Å². The van der Waals surface area contributed by atoms with Gasteiger partial charge in [-0.1, -0.05) is 29.8 Å². The fourth-order valence-corrected chi connectivity index (χ4v) is 1.58. The molecule has 0 saturated carbocycles. The summed E-state index contributed by atoms with van der Waals surface area (Å²) in [4.78, 5) is 21.4. The zero-order valence-electron chi connectivity index (χ0n) is 9.01. The predicted molar refractivity (Wildman–Crippen MR) is 58.3 cm³/mol. The van der Waals surface area contributed by atoms with E-state index in [4.69, 9.17) is 10.2 Å². The zero-order valence-corrected chi connectivity index (χ0v) is 9.01. The lowest BCUT2D eigenvalue weighted by Gasteiger charge is -2.10. The van der Waals surface area contributed by atoms with E-state index in [0.29, 0.717) is 0 Å². The van der Waals surface area contributed by atoms with Crippen molar-refractivity contribution in [3.05, 3.63) is 35.4 Å². The number of rotatable bonds is 5. The lowest BCUT2D eigenvalue weighted by atomic mass is 9.95. The number of hydrogen-bond donors (Lipinski definition) is 2. The minimum absolute atomic E-state index is 0.253. The number of hydrogen-bond acceptors (Lipinski definition) is 2. The fraction of sp³-hybridized carbons (Fsp3) is 0.333. The Morgan fingerprint density at radius 2 is 2.00 bits per heavy atom. The van der Waals surface area contributed by atoms with Crippen LogP contribution in [-0.2, 0) is 16.0 Å². The Kier molecular flexibility index (Phi) is 4.05. The van der Waals surface area contributed by atoms with Gasteiger partial charge in [0.1, 0.15) is 0 Å². The normalized spacial score (nSPS) is 12.1. The van der Waals surface area contributed by atoms with E-state index >= 15 is 0 Å². The van der Waals surface area contributed by atoms with Crippen LogP contribution in [0.25, 0.3) is 0 Å². The van der Waals surface area contributed by atoms with Crippen LogP contribution in [0.5, 0.6) is 0 Å². The third-order valence-corrected chi connectivity index (χ3v) is 2.33. The molecule has 86 valence electrons. The third-order valence-electron chi connectivity index (χ3n) is 2.33. The maximum absolute atomic E-state index is 10.9. The van der Waals surface area contributed by atoms with Crippen molar-refractivity contribution < 1.29 is 19.8 Å². The topological polar surface area (TPSA) is 74.6 Å². The lowest BCUT2D eigenvalue weighted by molar-refractivity contribution is -0.148. The van der Waals surface area contributed by atoms with E-state index in [0.717, 1.165) is 11.1 Å². The van der Waals surface area contributed by atoms with E-state index in [2.05, 4.69) is 0 Å². The highest BCUT2D eigenvalue weighted by molar-refractivity contribution is 5.78. The number of benzene rings is 1. The maximum atomic E-state index is 10.9. The Morgan fingerprint density at radius 1 is 1.31 bits per heavy atom. The highest BCUT2D eigenvalue weighted by Gasteiger charge is 2.21. The Labute approximate surface area is 93.5 Å². The first kappa shape index (κ1) is 12.2. The molecule has 2 N–H and O–H groups in total. The van der Waals surface area contributed by atoms with Crippen molar-refractivity contribution in [2.45, 2.75) is 19.8 Å². The van der Waals surface area contributed by atoms with E-state index in [9.17, 15) is 9.59 Å². The van der Waals surface area contributed by atoms with Crippen LogP contribution < -0.4 is 0 Å². The predicted octanol–water partition coefficient (Wildman–Crippen LogP) is 1.71. The van der Waals surface area contributed by atoms with E-state index in [1.54, 1.807) is 0 Å². The number of carboxylic acids is 2. The summed E-state index contributed by atoms with van der Waals surface area (Å²) in [6.07, 6.45) is -0.0907. The van der Waals surface area contributed by atoms with E-state index in [1.807, 2.05) is 31.2 Å². The van der Waals surface area contributed by atoms with Crippen molar-refractivity contribution in [1.82, 2.24) is 0 Å². The Bertz CT molecular complexity index is 398. The zero-order chi connectivity index (χ0) is 12.1. The molecule has 0 aliphatic heterocycles. The summed E-state index contributed by atoms with van der Waals surface area (Å²) in [5, 5.41) is 17.5. The Hall–Kier alpha value is -1.84. The SMILES string of the molecule is Cc1cccc(CC(CC(=O)O)C(=O)O)c1. The molecule has 1 atom stereocenters. The Morgan fingerprint density at radius 3 is 2.50 bits per heavy atom. The molecule has 16 heavy (non-hydrogen) atoms. The second-order valence-corrected chi connectivity index (χ2v) is 3.83. The number of carbonyl (C=O) groups is 2. The number of aliphatic carboxylic acids is 2. The molecule has 0 aliphatic rings. The summed E-state index contributed by atoms with van der Waals surface area (Å²) in [6, 6.07) is 7.43. The van der Waals surface area contributed by atoms with Crippen LogP contribution in [0.3, 0.4) is 0 Å². The molecule has 1 unspecified atom stereocenters. The van der Waals surface area contributed by atoms with Crippen LogP contribution in [0, 0.1) is 12.8 Å². The van der Waals surface area contributed by atoms with Gasteiger partial charge in [-0.05, 0) is 18.9 Å². The molecule has 0 fully saturated rings. The van der Waals surface area contributed by atoms with E-state index < -0.39 is 17.9 Å². The molecular formula is C12H14O4. The first-order valence-electron chi connectivity index (χ1n) is 4.99. The highest BCUT2D eigenvalue weighted by Crippen LogP contribution is 2.14. The summed E-state index contributed by atoms with van der Waals surface area (Å²) >= 11 is 0. The van der Waals surface area contributed by atoms with Gasteiger partial charge in [0.2, 0.25) is 0 Å². The minimum Gasteiger partial charge on any atom is -0.481 e. The first-order chi connectivity index (χ1) is 7.49. The van der Waals surface area contributed by atoms with Gasteiger partial charge in [0.25, 0.3) is 0 Å². The van der Waals surface area contributed by atoms with E-state index in [-0.39, 0.29) is 12.8 Å². The second kappa shape index (κ2) is 5.30. The average molecular weight is 222 g/mol. The molecule has 0 radical (unpaired) electrons. The number of aryl methyl sites for hydroxylation is 1. The van der Waals surface area contributed by atoms with Crippen LogP contribution in [0.4, 0.5) is 0 Å². The van der Waals surface area contributed by atoms with Crippen molar-refractivity contribution in [2.75, 3.05) is 0 Å². The molecule has 0 heterocycles. The third kappa shape index (κ3) is 3.73. The van der Waals surface area contributed by atoms with Gasteiger partial charge < -0.3 is 10.2 Å². The summed E-state index contributed by atoms with van der Waals surface area (Å²) in [7, 11) is 0. The van der Waals surface area contributed by atoms with Crippen molar-refractivity contribution >= 4 is 11.9 Å². The molecule has 0 bridgehead atoms. The molecular weight excluding hydrogens is 208 g/mol. The maximum Gasteiger partial charge on any atom is 0.307 e. The molecule has 0 spiro atoms. The fourth-order valence-electron chi connectivity index (χ4n) is 1.58. The minimum atomic E-state index is -1.08. The molecule has 4 heteroatoms. The van der Waals surface area contributed by atoms with Crippen LogP contribution >= 0.6 is 0 Å². The summed E-state index contributed by atoms with van der Waals surface area (Å²) in [5.41, 5.74) is 1.89. The van der Waals surface area contributed by atoms with Gasteiger partial charge in [-0.2, -0.15) is 0 Å². The molecule has 0 saturated heterocycles. The largest absolute Gasteiger partial charge is 0.481 e. The van der Waals surface area contributed by atoms with Crippen LogP contribution in [-0.4, -0.2) is 22.2 Å². The monoisotopic (exact) mass is 222 g/mol. The molecule has 0 amide bonds. The lowest BCUT2D eigenvalue weighted by Crippen LogP contribution is -2.20. The first-order valence-corrected chi connectivity index (χ1v) is 4.99. The summed E-state index contributed by atoms with van der Waals surface area (Å²) < 4.78 is 0. The average Bonchev–Trinajstić information content (AvgIpc) is 2.15. The molecule has 0 aliphatic carbocycles. The van der Waals surface area contributed by atoms with Gasteiger partial charge in [0.05, 0.1) is 12.3 Å². The van der Waals surface area contributed by atoms with Crippen molar-refractivity contribution in [3.63, 3.8) is 0 Å². The standard InChI is InChI=1S/C12H14O4/c1-8-3-2-4-9(5-8)6-10(12(15)16)7-11(13)14/h2-5,10H,6-7H2,1H3,(H,13,14)(H,15,16). The van der Waals surface area contributed by atoms with Crippen molar-refractivity contribution in [2.24, 2.45) is 5.92 Å². The second-order valence-electron chi connectivity index (χ2n) is 3.83. The smallest absolute Gasteiger partial charge is 0.307 e. The van der Waals surface area contributed by atoms with Gasteiger partial charge in [0, 0.05) is 0 Å². The number of carboxylic acid groups (broad SMARTS) is 2. The van der Waals surface area contributed by atoms with Gasteiger partial charge in [-0.15, -0.1) is 0 Å². The van der Waals surface area contributed by atoms with Crippen molar-refractivity contribution in [3.8, 4) is 0 Å². The molecule has 0 aromatic heterocycles. The molecule has 1 aromatic rings. The Balaban J connectivity index is 2.75. The molecule has 1 rings (SSSR count). The van der Waals surface area contributed by atoms with Crippen molar-refractivity contribution in [1.29, 1.82) is 0 Å². The highest BCUT2D eigenvalue weighted by atomic mass is 16.4. The van der Waals surface area contributed by atoms with Crippen LogP contribution in [0.15, 0.2) is 24.3 Å². The van der Waals surface area contributed by atoms with Gasteiger partial charge in [-0.3, -0.25) is 9.59 Å². The van der Waals surface area contributed by atoms with Crippen LogP contribution in [0.2, 0.25) is 0 Å². The molecule has 1 aromatic carbocycles. The summed E-state index contributed by atoms with van der Waals surface area (Å²) in [5.74, 6) is -3.01. The molecule has 4 nitrogen and oxygen atoms in total. The van der Waals surface area contributed by atoms with Gasteiger partial charge in [-0.25, -0.2) is 0 Å². The summed E-state index contributed by atoms with van der Waals surface area (Å²) in [6.45, 7) is 1.91. The van der Waals surface area contributed by atoms with Crippen LogP contribution in [0.1, 0.15) is 17.5 Å².